The Morgan fingerprint density at radius 3 is 2.25 bits per heavy atom. The first-order valence-electron chi connectivity index (χ1n) is 0.940. The predicted molar refractivity (Wildman–Crippen MR) is 15.9 cm³/mol. The molecular formula is CH4BNO. The standard InChI is InChI=1S/CH4BNO/c1-3-4-2/h3H,1H3. The Labute approximate surface area is 26.5 Å². The topological polar surface area (TPSA) is 21.3 Å². The minimum Gasteiger partial charge on any atom is -0.377 e. The molecule has 0 atom stereocenters. The average molecular weight is 56.9 g/mol. The lowest BCUT2D eigenvalue weighted by Crippen LogP contribution is -2.01. The Morgan fingerprint density at radius 1 is 2.00 bits per heavy atom. The molecule has 0 spiro atoms. The second kappa shape index (κ2) is 2.98. The van der Waals surface area contributed by atoms with Gasteiger partial charge in [-0.15, -0.1) is 0 Å². The van der Waals surface area contributed by atoms with E-state index in [-0.39, 0.29) is 0 Å². The lowest BCUT2D eigenvalue weighted by atomic mass is 10.6. The fourth-order valence-corrected chi connectivity index (χ4v) is 0. The predicted octanol–water partition coefficient (Wildman–Crippen LogP) is -0.779. The van der Waals surface area contributed by atoms with Gasteiger partial charge < -0.3 is 4.76 Å². The quantitative estimate of drug-likeness (QED) is 0.315. The molecule has 3 heteroatoms. The zero-order valence-corrected chi connectivity index (χ0v) is 2.49. The maximum atomic E-state index is 4.42. The van der Waals surface area contributed by atoms with Crippen LogP contribution in [0.25, 0.3) is 0 Å². The van der Waals surface area contributed by atoms with Crippen molar-refractivity contribution in [2.45, 2.75) is 0 Å². The highest BCUT2D eigenvalue weighted by Crippen LogP contribution is 1.29. The minimum absolute atomic E-state index is 1.58. The van der Waals surface area contributed by atoms with Crippen molar-refractivity contribution in [2.24, 2.45) is 0 Å². The average Bonchev–Trinajstić information content (AvgIpc) is 1.37. The second-order valence-electron chi connectivity index (χ2n) is 0.322. The molecule has 22 valence electrons. The van der Waals surface area contributed by atoms with Crippen LogP contribution in [0.4, 0.5) is 0 Å². The third kappa shape index (κ3) is 1.98. The Bertz CT molecular complexity index is 10.0. The number of nitrogens with one attached hydrogen (secondary N) is 1. The van der Waals surface area contributed by atoms with Gasteiger partial charge in [-0.25, -0.2) is 5.48 Å². The molecule has 0 amide bonds. The van der Waals surface area contributed by atoms with Crippen molar-refractivity contribution in [3.05, 3.63) is 0 Å². The summed E-state index contributed by atoms with van der Waals surface area (Å²) in [6.45, 7) is 0. The summed E-state index contributed by atoms with van der Waals surface area (Å²) >= 11 is 0. The lowest BCUT2D eigenvalue weighted by molar-refractivity contribution is 0.248. The van der Waals surface area contributed by atoms with Crippen LogP contribution in [0.2, 0.25) is 0 Å². The molecule has 0 rings (SSSR count). The maximum absolute atomic E-state index is 4.42. The smallest absolute Gasteiger partial charge is 0.316 e. The van der Waals surface area contributed by atoms with E-state index < -0.39 is 0 Å². The first-order valence-corrected chi connectivity index (χ1v) is 0.940. The van der Waals surface area contributed by atoms with Crippen LogP contribution in [0.5, 0.6) is 0 Å². The van der Waals surface area contributed by atoms with Crippen molar-refractivity contribution in [3.63, 3.8) is 0 Å². The van der Waals surface area contributed by atoms with Crippen LogP contribution in [0.3, 0.4) is 0 Å². The Kier molecular flexibility index (Phi) is 2.97. The van der Waals surface area contributed by atoms with Gasteiger partial charge in [0.1, 0.15) is 0 Å². The van der Waals surface area contributed by atoms with Crippen molar-refractivity contribution >= 4 is 8.05 Å². The largest absolute Gasteiger partial charge is 0.377 e. The van der Waals surface area contributed by atoms with E-state index in [2.05, 4.69) is 18.3 Å². The Morgan fingerprint density at radius 2 is 2.25 bits per heavy atom. The van der Waals surface area contributed by atoms with E-state index in [0.717, 1.165) is 0 Å². The molecule has 0 aliphatic rings. The minimum atomic E-state index is 1.58. The summed E-state index contributed by atoms with van der Waals surface area (Å²) in [4.78, 5) is 0. The summed E-state index contributed by atoms with van der Waals surface area (Å²) in [7, 11) is 6.00. The van der Waals surface area contributed by atoms with Crippen LogP contribution in [0.1, 0.15) is 0 Å². The van der Waals surface area contributed by atoms with Crippen LogP contribution in [-0.4, -0.2) is 15.1 Å². The van der Waals surface area contributed by atoms with Crippen LogP contribution in [-0.2, 0) is 4.76 Å². The molecular weight excluding hydrogens is 52.8 g/mol. The molecule has 0 aliphatic carbocycles. The fourth-order valence-electron chi connectivity index (χ4n) is 0. The Balaban J connectivity index is 1.97. The first kappa shape index (κ1) is 3.98. The summed E-state index contributed by atoms with van der Waals surface area (Å²) in [5, 5.41) is 0. The van der Waals surface area contributed by atoms with Gasteiger partial charge in [-0.2, -0.15) is 0 Å². The number of hydrogen-bond acceptors (Lipinski definition) is 2. The van der Waals surface area contributed by atoms with Crippen LogP contribution in [0.15, 0.2) is 0 Å². The molecule has 4 heavy (non-hydrogen) atoms. The molecule has 0 heterocycles. The van der Waals surface area contributed by atoms with Crippen molar-refractivity contribution in [1.29, 1.82) is 0 Å². The first-order chi connectivity index (χ1) is 1.91. The van der Waals surface area contributed by atoms with Crippen molar-refractivity contribution < 1.29 is 4.76 Å². The Hall–Kier alpha value is -0.0151. The van der Waals surface area contributed by atoms with Gasteiger partial charge in [-0.05, 0) is 0 Å². The molecule has 0 saturated carbocycles. The van der Waals surface area contributed by atoms with Crippen molar-refractivity contribution in [2.75, 3.05) is 7.05 Å². The molecule has 1 N–H and O–H groups in total. The number of hydrogen-bond donors (Lipinski definition) is 1. The molecule has 0 saturated heterocycles. The molecule has 0 bridgehead atoms. The summed E-state index contributed by atoms with van der Waals surface area (Å²) in [6.07, 6.45) is 0. The summed E-state index contributed by atoms with van der Waals surface area (Å²) in [5.74, 6) is 0. The van der Waals surface area contributed by atoms with Gasteiger partial charge in [0.2, 0.25) is 0 Å². The number of rotatable bonds is 1. The van der Waals surface area contributed by atoms with E-state index in [4.69, 9.17) is 0 Å². The van der Waals surface area contributed by atoms with Crippen molar-refractivity contribution in [1.82, 2.24) is 5.48 Å². The van der Waals surface area contributed by atoms with Crippen molar-refractivity contribution in [3.8, 4) is 0 Å². The summed E-state index contributed by atoms with van der Waals surface area (Å²) < 4.78 is 3.79. The van der Waals surface area contributed by atoms with Gasteiger partial charge in [-0.3, -0.25) is 0 Å². The molecule has 2 radical (unpaired) electrons. The molecule has 0 aromatic rings. The summed E-state index contributed by atoms with van der Waals surface area (Å²) in [6, 6.07) is 0. The molecule has 0 aliphatic heterocycles. The van der Waals surface area contributed by atoms with E-state index in [9.17, 15) is 0 Å². The van der Waals surface area contributed by atoms with Gasteiger partial charge in [0.25, 0.3) is 0 Å². The monoisotopic (exact) mass is 57.0 g/mol. The van der Waals surface area contributed by atoms with Crippen LogP contribution < -0.4 is 5.48 Å². The van der Waals surface area contributed by atoms with E-state index in [1.54, 1.807) is 7.05 Å². The molecule has 0 aromatic carbocycles. The van der Waals surface area contributed by atoms with E-state index in [1.165, 1.54) is 0 Å². The van der Waals surface area contributed by atoms with E-state index in [1.807, 2.05) is 0 Å². The van der Waals surface area contributed by atoms with Gasteiger partial charge in [-0.1, -0.05) is 0 Å². The highest BCUT2D eigenvalue weighted by molar-refractivity contribution is 5.97. The molecule has 2 nitrogen and oxygen atoms in total. The lowest BCUT2D eigenvalue weighted by Gasteiger charge is -1.81. The molecule has 0 unspecified atom stereocenters. The molecule has 0 aromatic heterocycles. The van der Waals surface area contributed by atoms with E-state index >= 15 is 0 Å². The zero-order chi connectivity index (χ0) is 3.41. The SMILES string of the molecule is [B]ONC. The van der Waals surface area contributed by atoms with E-state index in [0.29, 0.717) is 0 Å². The van der Waals surface area contributed by atoms with Gasteiger partial charge >= 0.3 is 8.05 Å². The van der Waals surface area contributed by atoms with Gasteiger partial charge in [0, 0.05) is 7.05 Å². The fraction of sp³-hybridized carbons (Fsp3) is 1.00. The van der Waals surface area contributed by atoms with Gasteiger partial charge in [0.15, 0.2) is 0 Å². The highest BCUT2D eigenvalue weighted by atomic mass is 16.6. The maximum Gasteiger partial charge on any atom is 0.316 e. The van der Waals surface area contributed by atoms with Gasteiger partial charge in [0.05, 0.1) is 0 Å². The highest BCUT2D eigenvalue weighted by Gasteiger charge is 1.47. The summed E-state index contributed by atoms with van der Waals surface area (Å²) in [5.41, 5.74) is 2.21. The number of hydroxylamine groups is 1. The third-order valence-electron chi connectivity index (χ3n) is 0.118. The third-order valence-corrected chi connectivity index (χ3v) is 0.118. The second-order valence-corrected chi connectivity index (χ2v) is 0.322. The van der Waals surface area contributed by atoms with Crippen LogP contribution in [0, 0.1) is 0 Å². The molecule has 0 fully saturated rings. The normalized spacial score (nSPS) is 7.25. The van der Waals surface area contributed by atoms with Crippen LogP contribution >= 0.6 is 0 Å². The zero-order valence-electron chi connectivity index (χ0n) is 2.49.